The number of carbonyl (C=O) groups excluding carboxylic acids is 3. The lowest BCUT2D eigenvalue weighted by molar-refractivity contribution is 0.0898. The summed E-state index contributed by atoms with van der Waals surface area (Å²) in [6.45, 7) is 12.7. The maximum atomic E-state index is 12.3. The number of rotatable bonds is 19. The van der Waals surface area contributed by atoms with Gasteiger partial charge < -0.3 is 43.4 Å². The van der Waals surface area contributed by atoms with Gasteiger partial charge in [0.15, 0.2) is 0 Å². The molecule has 4 aliphatic heterocycles. The Morgan fingerprint density at radius 1 is 0.619 bits per heavy atom. The van der Waals surface area contributed by atoms with Gasteiger partial charge in [-0.15, -0.1) is 5.70 Å². The van der Waals surface area contributed by atoms with Crippen LogP contribution in [0.25, 0.3) is 49.8 Å². The lowest BCUT2D eigenvalue weighted by atomic mass is 9.76. The van der Waals surface area contributed by atoms with Crippen LogP contribution in [0.15, 0.2) is 170 Å². The lowest BCUT2D eigenvalue weighted by Crippen LogP contribution is -2.40. The molecule has 8 aromatic rings. The second-order valence-electron chi connectivity index (χ2n) is 27.2. The topological polar surface area (TPSA) is 208 Å². The number of hydrogen-bond acceptors (Lipinski definition) is 13. The number of ether oxygens (including phenoxy) is 3. The third-order valence-corrected chi connectivity index (χ3v) is 21.7. The number of amides is 3. The molecular weight excluding hydrogens is 1410 g/mol. The molecule has 14 rings (SSSR count). The molecule has 0 spiro atoms. The van der Waals surface area contributed by atoms with Gasteiger partial charge in [-0.3, -0.25) is 9.17 Å². The van der Waals surface area contributed by atoms with Crippen molar-refractivity contribution >= 4 is 108 Å². The van der Waals surface area contributed by atoms with Gasteiger partial charge in [-0.1, -0.05) is 65.2 Å². The highest BCUT2D eigenvalue weighted by Crippen LogP contribution is 2.49. The van der Waals surface area contributed by atoms with Gasteiger partial charge in [-0.2, -0.15) is 14.6 Å². The van der Waals surface area contributed by atoms with Crippen molar-refractivity contribution in [1.82, 2.24) is 43.8 Å². The monoisotopic (exact) mass is 1500 g/mol. The second-order valence-corrected chi connectivity index (χ2v) is 30.1. The van der Waals surface area contributed by atoms with Gasteiger partial charge in [0.1, 0.15) is 10.5 Å². The number of likely N-dealkylation sites (tertiary alicyclic amines) is 3. The maximum Gasteiger partial charge on any atom is 0.409 e. The van der Waals surface area contributed by atoms with Crippen molar-refractivity contribution < 1.29 is 41.2 Å². The molecule has 3 fully saturated rings. The smallest absolute Gasteiger partial charge is 0.409 e. The van der Waals surface area contributed by atoms with Crippen LogP contribution in [0.5, 0.6) is 0 Å². The van der Waals surface area contributed by atoms with Crippen molar-refractivity contribution in [3.05, 3.63) is 235 Å². The van der Waals surface area contributed by atoms with Crippen molar-refractivity contribution in [1.29, 1.82) is 0 Å². The summed E-state index contributed by atoms with van der Waals surface area (Å²) in [6.07, 6.45) is 36.1. The van der Waals surface area contributed by atoms with E-state index in [1.165, 1.54) is 44.2 Å². The van der Waals surface area contributed by atoms with Crippen LogP contribution in [0.2, 0.25) is 15.1 Å². The van der Waals surface area contributed by atoms with Gasteiger partial charge in [-0.25, -0.2) is 29.3 Å². The van der Waals surface area contributed by atoms with Crippen molar-refractivity contribution in [2.75, 3.05) is 72.0 Å². The highest BCUT2D eigenvalue weighted by Gasteiger charge is 2.37. The van der Waals surface area contributed by atoms with Crippen molar-refractivity contribution in [3.63, 3.8) is 0 Å². The summed E-state index contributed by atoms with van der Waals surface area (Å²) in [7, 11) is -3.48. The Morgan fingerprint density at radius 3 is 1.84 bits per heavy atom. The predicted molar refractivity (Wildman–Crippen MR) is 416 cm³/mol. The summed E-state index contributed by atoms with van der Waals surface area (Å²) in [4.78, 5) is 60.1. The largest absolute Gasteiger partial charge is 0.663 e. The molecule has 0 bridgehead atoms. The first-order valence-electron chi connectivity index (χ1n) is 36.7. The molecule has 3 amide bonds. The zero-order chi connectivity index (χ0) is 73.4. The van der Waals surface area contributed by atoms with Gasteiger partial charge in [0, 0.05) is 147 Å². The average Bonchev–Trinajstić information content (AvgIpc) is 1.70. The first-order valence-corrected chi connectivity index (χ1v) is 39.6. The third-order valence-electron chi connectivity index (χ3n) is 20.4. The van der Waals surface area contributed by atoms with E-state index < -0.39 is 10.1 Å². The fourth-order valence-corrected chi connectivity index (χ4v) is 16.5. The molecule has 0 radical (unpaired) electrons. The van der Waals surface area contributed by atoms with E-state index >= 15 is 0 Å². The van der Waals surface area contributed by atoms with Crippen LogP contribution >= 0.6 is 34.8 Å². The maximum absolute atomic E-state index is 12.3. The summed E-state index contributed by atoms with van der Waals surface area (Å²) < 4.78 is 47.6. The molecule has 0 saturated carbocycles. The van der Waals surface area contributed by atoms with Crippen LogP contribution in [0, 0.1) is 11.8 Å². The van der Waals surface area contributed by atoms with Crippen molar-refractivity contribution in [3.8, 4) is 0 Å². The summed E-state index contributed by atoms with van der Waals surface area (Å²) in [5.74, 6) is 0.959. The molecule has 105 heavy (non-hydrogen) atoms. The zero-order valence-electron chi connectivity index (χ0n) is 60.1. The molecule has 6 aliphatic rings. The van der Waals surface area contributed by atoms with E-state index in [0.717, 1.165) is 144 Å². The molecule has 1 atom stereocenters. The molecule has 0 N–H and O–H groups in total. The van der Waals surface area contributed by atoms with Crippen LogP contribution < -0.4 is 0 Å². The van der Waals surface area contributed by atoms with Crippen LogP contribution in [-0.4, -0.2) is 142 Å². The minimum absolute atomic E-state index is 0.0591. The summed E-state index contributed by atoms with van der Waals surface area (Å²) >= 11 is 19.5. The fraction of sp³-hybridized carbons (Fsp3) is 0.390. The molecule has 8 heterocycles. The molecule has 4 aromatic carbocycles. The van der Waals surface area contributed by atoms with E-state index in [1.54, 1.807) is 4.90 Å². The number of pyridine rings is 2. The Balaban J connectivity index is 0.000000148. The molecule has 3 saturated heterocycles. The first kappa shape index (κ1) is 75.8. The summed E-state index contributed by atoms with van der Waals surface area (Å²) in [5, 5.41) is 10.5. The van der Waals surface area contributed by atoms with Crippen LogP contribution in [0.1, 0.15) is 148 Å². The van der Waals surface area contributed by atoms with Gasteiger partial charge in [0.2, 0.25) is 0 Å². The highest BCUT2D eigenvalue weighted by molar-refractivity contribution is 7.86. The Hall–Kier alpha value is -8.92. The Labute approximate surface area is 630 Å². The zero-order valence-corrected chi connectivity index (χ0v) is 63.1. The van der Waals surface area contributed by atoms with Gasteiger partial charge >= 0.3 is 18.3 Å². The quantitative estimate of drug-likeness (QED) is 0.0320. The van der Waals surface area contributed by atoms with E-state index in [9.17, 15) is 22.8 Å². The van der Waals surface area contributed by atoms with Crippen LogP contribution in [0.3, 0.4) is 0 Å². The number of carbonyl (C=O) groups is 3. The van der Waals surface area contributed by atoms with Gasteiger partial charge in [0.05, 0.1) is 67.4 Å². The number of allylic oxidation sites excluding steroid dienone is 6. The normalized spacial score (nSPS) is 16.8. The van der Waals surface area contributed by atoms with E-state index in [0.29, 0.717) is 94.7 Å². The Morgan fingerprint density at radius 2 is 1.20 bits per heavy atom. The lowest BCUT2D eigenvalue weighted by Gasteiger charge is -2.37. The SMILES string of the molecule is CCOC(=O)N1CCC(C2=C3[N-]C=CC=C3C=C(CCCn3ccnc3)c3cc(Cl)ccc32)CC1.CCOC(=O)N1CCC(C2c3ccc(Cl)cc3C(CCCOS(C)(=O)=O)=Cc3cccnc32)CC1.CCOC(=O)N1CCC(c2c3ncccc3cc(CCCn3ccnc3)[c+]3cc(Cl)ccc23)CC1. The van der Waals surface area contributed by atoms with Crippen LogP contribution in [0.4, 0.5) is 14.4 Å². The number of fused-ring (bicyclic) bond motifs is 6. The number of halogens is 3. The number of nitrogens with zero attached hydrogens (tertiary/aromatic N) is 10. The predicted octanol–water partition coefficient (Wildman–Crippen LogP) is 18.7. The van der Waals surface area contributed by atoms with Crippen molar-refractivity contribution in [2.45, 2.75) is 123 Å². The van der Waals surface area contributed by atoms with E-state index in [1.807, 2.05) is 129 Å². The first-order chi connectivity index (χ1) is 51.0. The second kappa shape index (κ2) is 35.9. The number of piperidine rings is 3. The minimum atomic E-state index is -3.48. The number of aryl methyl sites for hydroxylation is 3. The highest BCUT2D eigenvalue weighted by atomic mass is 35.5. The molecule has 1 unspecified atom stereocenters. The minimum Gasteiger partial charge on any atom is -0.663 e. The molecule has 550 valence electrons. The number of hydrogen-bond donors (Lipinski definition) is 0. The van der Waals surface area contributed by atoms with E-state index in [4.69, 9.17) is 68.5 Å². The fourth-order valence-electron chi connectivity index (χ4n) is 15.5. The third kappa shape index (κ3) is 19.0. The molecular formula is C82H91Cl3N10O9S. The van der Waals surface area contributed by atoms with E-state index in [2.05, 4.69) is 85.9 Å². The number of imidazole rings is 2. The van der Waals surface area contributed by atoms with E-state index in [-0.39, 0.29) is 30.8 Å². The van der Waals surface area contributed by atoms with Gasteiger partial charge in [0.25, 0.3) is 10.1 Å². The molecule has 4 aromatic heterocycles. The molecule has 23 heteroatoms. The molecule has 19 nitrogen and oxygen atoms in total. The average molecular weight is 1500 g/mol. The summed E-state index contributed by atoms with van der Waals surface area (Å²) in [5.41, 5.74) is 16.1. The number of aromatic nitrogens is 6. The standard InChI is InChI=1S/2C28H30ClN4O2.C26H31ClN2O5S/c2*1-2-35-28(34)33-14-9-20(10-15-33)26-24-8-7-23(29)18-25(24)21(6-4-13-32-16-12-30-19-32)17-22-5-3-11-31-27(22)26;1-3-33-26(30)29-13-10-18(11-14-29)24-22-9-8-21(27)17-23(22)19(7-5-15-34-35(2,31)32)16-20-6-4-12-28-25(20)24/h2*3,5,7-8,11-12,16-20H,2,4,6,9-10,13-15H2,1H3;4,6,8-9,12,16-18,24H,3,5,7,10-11,13-15H2,1-2H3/q-1;+1;. The number of benzene rings is 3. The summed E-state index contributed by atoms with van der Waals surface area (Å²) in [6, 6.07) is 28.9. The Kier molecular flexibility index (Phi) is 25.9. The molecule has 2 aliphatic carbocycles. The van der Waals surface area contributed by atoms with Gasteiger partial charge in [-0.05, 0) is 214 Å². The van der Waals surface area contributed by atoms with Crippen LogP contribution in [-0.2, 0) is 48.0 Å². The Bertz CT molecular complexity index is 4680. The van der Waals surface area contributed by atoms with Crippen molar-refractivity contribution in [2.24, 2.45) is 11.8 Å².